The van der Waals surface area contributed by atoms with Gasteiger partial charge >= 0.3 is 12.2 Å². The molecule has 3 heterocycles. The van der Waals surface area contributed by atoms with Crippen LogP contribution in [0.3, 0.4) is 0 Å². The van der Waals surface area contributed by atoms with Gasteiger partial charge in [0.2, 0.25) is 5.91 Å². The second-order valence-corrected chi connectivity index (χ2v) is 12.4. The second-order valence-electron chi connectivity index (χ2n) is 12.4. The highest BCUT2D eigenvalue weighted by atomic mass is 16.6. The van der Waals surface area contributed by atoms with Crippen molar-refractivity contribution in [1.82, 2.24) is 35.9 Å². The van der Waals surface area contributed by atoms with Gasteiger partial charge in [-0.2, -0.15) is 0 Å². The van der Waals surface area contributed by atoms with Gasteiger partial charge in [0, 0.05) is 6.54 Å². The number of nitrogens with one attached hydrogen (secondary N) is 5. The molecule has 17 nitrogen and oxygen atoms in total. The predicted octanol–water partition coefficient (Wildman–Crippen LogP) is 0.277. The second kappa shape index (κ2) is 14.8. The highest BCUT2D eigenvalue weighted by molar-refractivity contribution is 5.86. The van der Waals surface area contributed by atoms with Gasteiger partial charge < -0.3 is 55.8 Å². The molecule has 0 bridgehead atoms. The molecule has 0 aromatic carbocycles. The van der Waals surface area contributed by atoms with E-state index in [0.717, 1.165) is 0 Å². The van der Waals surface area contributed by atoms with Crippen molar-refractivity contribution in [2.24, 2.45) is 0 Å². The Kier molecular flexibility index (Phi) is 11.7. The largest absolute Gasteiger partial charge is 0.444 e. The topological polar surface area (TPSA) is 242 Å². The lowest BCUT2D eigenvalue weighted by atomic mass is 9.94. The molecule has 0 saturated carbocycles. The number of rotatable bonds is 11. The van der Waals surface area contributed by atoms with Crippen LogP contribution in [-0.2, 0) is 19.0 Å². The van der Waals surface area contributed by atoms with E-state index < -0.39 is 72.5 Å². The lowest BCUT2D eigenvalue weighted by Crippen LogP contribution is -2.67. The molecule has 3 rings (SSSR count). The van der Waals surface area contributed by atoms with Gasteiger partial charge in [-0.25, -0.2) is 24.5 Å². The zero-order valence-corrected chi connectivity index (χ0v) is 25.8. The van der Waals surface area contributed by atoms with Crippen molar-refractivity contribution in [2.45, 2.75) is 109 Å². The Morgan fingerprint density at radius 1 is 1.00 bits per heavy atom. The van der Waals surface area contributed by atoms with Gasteiger partial charge in [0.15, 0.2) is 17.7 Å². The summed E-state index contributed by atoms with van der Waals surface area (Å²) >= 11 is 0. The minimum Gasteiger partial charge on any atom is -0.444 e. The smallest absolute Gasteiger partial charge is 0.408 e. The van der Waals surface area contributed by atoms with E-state index in [0.29, 0.717) is 24.0 Å². The maximum absolute atomic E-state index is 13.4. The average Bonchev–Trinajstić information content (AvgIpc) is 3.40. The molecule has 0 aliphatic carbocycles. The molecule has 2 aromatic rings. The van der Waals surface area contributed by atoms with Gasteiger partial charge in [-0.15, -0.1) is 0 Å². The number of carbonyl (C=O) groups is 3. The number of nitrogens with zero attached hydrogens (tertiary/aromatic N) is 3. The lowest BCUT2D eigenvalue weighted by Gasteiger charge is -2.43. The molecule has 3 amide bonds. The predicted molar refractivity (Wildman–Crippen MR) is 156 cm³/mol. The number of aromatic nitrogens is 4. The number of unbranched alkanes of at least 4 members (excludes halogenated alkanes) is 1. The summed E-state index contributed by atoms with van der Waals surface area (Å²) in [6.07, 6.45) is -3.21. The number of anilines is 1. The van der Waals surface area contributed by atoms with E-state index in [1.54, 1.807) is 41.5 Å². The molecule has 1 saturated heterocycles. The summed E-state index contributed by atoms with van der Waals surface area (Å²) < 4.78 is 16.3. The van der Waals surface area contributed by atoms with Gasteiger partial charge in [-0.3, -0.25) is 4.79 Å². The van der Waals surface area contributed by atoms with Crippen molar-refractivity contribution in [2.75, 3.05) is 18.5 Å². The zero-order chi connectivity index (χ0) is 32.7. The van der Waals surface area contributed by atoms with Crippen LogP contribution in [0.2, 0.25) is 0 Å². The maximum Gasteiger partial charge on any atom is 0.408 e. The van der Waals surface area contributed by atoms with Crippen molar-refractivity contribution < 1.29 is 43.9 Å². The third kappa shape index (κ3) is 10.1. The maximum atomic E-state index is 13.4. The number of carbonyl (C=O) groups excluding carboxylic acids is 3. The molecule has 2 aromatic heterocycles. The van der Waals surface area contributed by atoms with Crippen molar-refractivity contribution in [3.63, 3.8) is 0 Å². The quantitative estimate of drug-likeness (QED) is 0.157. The van der Waals surface area contributed by atoms with Gasteiger partial charge in [0.05, 0.1) is 19.0 Å². The van der Waals surface area contributed by atoms with Crippen LogP contribution in [0.5, 0.6) is 0 Å². The normalized spacial score (nSPS) is 23.0. The minimum absolute atomic E-state index is 0.148. The molecule has 6 atom stereocenters. The van der Waals surface area contributed by atoms with E-state index in [-0.39, 0.29) is 18.8 Å². The number of amides is 3. The summed E-state index contributed by atoms with van der Waals surface area (Å²) in [6, 6.07) is -2.35. The Labute approximate surface area is 254 Å². The van der Waals surface area contributed by atoms with E-state index in [1.165, 1.54) is 12.7 Å². The summed E-state index contributed by atoms with van der Waals surface area (Å²) in [5.74, 6) is -0.457. The first-order valence-electron chi connectivity index (χ1n) is 14.4. The third-order valence-corrected chi connectivity index (χ3v) is 6.34. The first-order valence-corrected chi connectivity index (χ1v) is 14.4. The average molecular weight is 625 g/mol. The van der Waals surface area contributed by atoms with E-state index in [4.69, 9.17) is 14.2 Å². The monoisotopic (exact) mass is 624 g/mol. The van der Waals surface area contributed by atoms with Crippen LogP contribution in [0.15, 0.2) is 12.7 Å². The Balaban J connectivity index is 1.64. The van der Waals surface area contributed by atoms with Gasteiger partial charge in [-0.1, -0.05) is 0 Å². The van der Waals surface area contributed by atoms with E-state index in [2.05, 4.69) is 41.2 Å². The van der Waals surface area contributed by atoms with Crippen LogP contribution < -0.4 is 21.3 Å². The number of hydrogen-bond acceptors (Lipinski definition) is 13. The van der Waals surface area contributed by atoms with Crippen LogP contribution in [0.25, 0.3) is 11.2 Å². The summed E-state index contributed by atoms with van der Waals surface area (Å²) in [7, 11) is 0. The minimum atomic E-state index is -1.58. The molecule has 44 heavy (non-hydrogen) atoms. The SMILES string of the molecule is CC(C)(C)OC(=O)NCCCC[C@@H](NC(=O)OC(C)(C)C)C(=O)N[C@@H]1[C@@H](O)[C@H](O)[C@@H](Nc2ncnc3nc[nH]c23)O[C@H]1CO. The number of ether oxygens (including phenoxy) is 3. The number of hydrogen-bond donors (Lipinski definition) is 8. The Morgan fingerprint density at radius 3 is 2.34 bits per heavy atom. The molecular weight excluding hydrogens is 580 g/mol. The molecular formula is C27H44N8O9. The molecule has 17 heteroatoms. The fourth-order valence-corrected chi connectivity index (χ4v) is 4.39. The van der Waals surface area contributed by atoms with Crippen LogP contribution in [0.4, 0.5) is 15.4 Å². The first kappa shape index (κ1) is 34.7. The van der Waals surface area contributed by atoms with E-state index in [1.807, 2.05) is 0 Å². The van der Waals surface area contributed by atoms with Gasteiger partial charge in [-0.05, 0) is 60.8 Å². The molecule has 1 aliphatic heterocycles. The summed E-state index contributed by atoms with van der Waals surface area (Å²) in [5, 5.41) is 42.6. The molecule has 1 aliphatic rings. The fourth-order valence-electron chi connectivity index (χ4n) is 4.39. The number of alkyl carbamates (subject to hydrolysis) is 2. The molecule has 0 spiro atoms. The van der Waals surface area contributed by atoms with Crippen molar-refractivity contribution in [3.8, 4) is 0 Å². The summed E-state index contributed by atoms with van der Waals surface area (Å²) in [6.45, 7) is 9.94. The highest BCUT2D eigenvalue weighted by Gasteiger charge is 2.46. The molecule has 246 valence electrons. The van der Waals surface area contributed by atoms with Crippen molar-refractivity contribution in [3.05, 3.63) is 12.7 Å². The van der Waals surface area contributed by atoms with Crippen molar-refractivity contribution in [1.29, 1.82) is 0 Å². The Bertz CT molecular complexity index is 1260. The number of H-pyrrole nitrogens is 1. The number of aliphatic hydroxyl groups is 3. The Hall–Kier alpha value is -3.80. The Morgan fingerprint density at radius 2 is 1.68 bits per heavy atom. The number of fused-ring (bicyclic) bond motifs is 1. The number of imidazole rings is 1. The van der Waals surface area contributed by atoms with Gasteiger partial charge in [0.25, 0.3) is 0 Å². The first-order chi connectivity index (χ1) is 20.6. The van der Waals surface area contributed by atoms with Crippen LogP contribution in [-0.4, -0.2) is 114 Å². The zero-order valence-electron chi connectivity index (χ0n) is 25.8. The number of aliphatic hydroxyl groups excluding tert-OH is 3. The number of aromatic amines is 1. The van der Waals surface area contributed by atoms with Crippen LogP contribution >= 0.6 is 0 Å². The lowest BCUT2D eigenvalue weighted by molar-refractivity contribution is -0.185. The summed E-state index contributed by atoms with van der Waals surface area (Å²) in [4.78, 5) is 52.9. The molecule has 8 N–H and O–H groups in total. The fraction of sp³-hybridized carbons (Fsp3) is 0.704. The van der Waals surface area contributed by atoms with Crippen molar-refractivity contribution >= 4 is 35.1 Å². The van der Waals surface area contributed by atoms with E-state index in [9.17, 15) is 29.7 Å². The standard InChI is InChI=1S/C27H44N8O9/c1-26(2,3)43-24(40)28-10-8-7-9-14(33-25(41)44-27(4,5)6)22(39)34-16-15(11-36)42-23(19(38)18(16)37)35-21-17-20(30-12-29-17)31-13-32-21/h12-16,18-19,23,36-38H,7-11H2,1-6H3,(H,28,40)(H,33,41)(H,34,39)(H2,29,30,31,32,35)/t14-,15+,16+,18-,19+,23+/m1/s1. The molecule has 0 unspecified atom stereocenters. The van der Waals surface area contributed by atoms with Crippen LogP contribution in [0.1, 0.15) is 60.8 Å². The molecule has 1 fully saturated rings. The molecule has 0 radical (unpaired) electrons. The highest BCUT2D eigenvalue weighted by Crippen LogP contribution is 2.25. The van der Waals surface area contributed by atoms with Crippen LogP contribution in [0, 0.1) is 0 Å². The van der Waals surface area contributed by atoms with E-state index >= 15 is 0 Å². The summed E-state index contributed by atoms with van der Waals surface area (Å²) in [5.41, 5.74) is -0.668. The third-order valence-electron chi connectivity index (χ3n) is 6.34. The van der Waals surface area contributed by atoms with Gasteiger partial charge in [0.1, 0.15) is 47.4 Å².